The topological polar surface area (TPSA) is 72.5 Å². The summed E-state index contributed by atoms with van der Waals surface area (Å²) in [5.41, 5.74) is 5.71. The number of ether oxygens (including phenoxy) is 1. The lowest BCUT2D eigenvalue weighted by Crippen LogP contribution is -2.43. The summed E-state index contributed by atoms with van der Waals surface area (Å²) in [6.07, 6.45) is 3.15. The third-order valence-corrected chi connectivity index (χ3v) is 2.76. The van der Waals surface area contributed by atoms with Crippen molar-refractivity contribution in [2.75, 3.05) is 6.61 Å². The fourth-order valence-corrected chi connectivity index (χ4v) is 1.64. The summed E-state index contributed by atoms with van der Waals surface area (Å²) in [5.74, 6) is -0.00611. The van der Waals surface area contributed by atoms with Crippen molar-refractivity contribution < 1.29 is 14.6 Å². The van der Waals surface area contributed by atoms with Gasteiger partial charge in [0.2, 0.25) is 0 Å². The van der Waals surface area contributed by atoms with Crippen LogP contribution in [0.1, 0.15) is 32.6 Å². The Morgan fingerprint density at radius 3 is 2.60 bits per heavy atom. The van der Waals surface area contributed by atoms with Gasteiger partial charge in [0.15, 0.2) is 6.10 Å². The van der Waals surface area contributed by atoms with Gasteiger partial charge in [-0.1, -0.05) is 19.3 Å². The van der Waals surface area contributed by atoms with Crippen molar-refractivity contribution in [3.8, 4) is 0 Å². The summed E-state index contributed by atoms with van der Waals surface area (Å²) in [6, 6.07) is -0.473. The van der Waals surface area contributed by atoms with Crippen molar-refractivity contribution in [2.24, 2.45) is 11.7 Å². The highest BCUT2D eigenvalue weighted by Gasteiger charge is 2.28. The molecule has 0 radical (unpaired) electrons. The van der Waals surface area contributed by atoms with Crippen LogP contribution in [0.15, 0.2) is 0 Å². The van der Waals surface area contributed by atoms with Crippen LogP contribution < -0.4 is 5.73 Å². The Morgan fingerprint density at radius 2 is 2.20 bits per heavy atom. The molecule has 0 aromatic rings. The number of carbonyl (C=O) groups is 1. The lowest BCUT2D eigenvalue weighted by Gasteiger charge is -2.29. The monoisotopic (exact) mass is 237 g/mol. The second-order valence-corrected chi connectivity index (χ2v) is 3.89. The summed E-state index contributed by atoms with van der Waals surface area (Å²) in [6.45, 7) is 1.99. The summed E-state index contributed by atoms with van der Waals surface area (Å²) < 4.78 is 4.69. The van der Waals surface area contributed by atoms with Gasteiger partial charge in [-0.25, -0.2) is 4.79 Å². The van der Waals surface area contributed by atoms with Crippen LogP contribution in [-0.4, -0.2) is 29.8 Å². The zero-order valence-corrected chi connectivity index (χ0v) is 9.83. The zero-order valence-electron chi connectivity index (χ0n) is 9.02. The van der Waals surface area contributed by atoms with Crippen LogP contribution in [0.2, 0.25) is 0 Å². The third kappa shape index (κ3) is 4.36. The molecule has 5 heteroatoms. The fourth-order valence-electron chi connectivity index (χ4n) is 1.64. The van der Waals surface area contributed by atoms with Crippen molar-refractivity contribution in [2.45, 2.75) is 44.8 Å². The van der Waals surface area contributed by atoms with Gasteiger partial charge in [0.05, 0.1) is 6.61 Å². The molecule has 0 saturated heterocycles. The summed E-state index contributed by atoms with van der Waals surface area (Å²) in [4.78, 5) is 11.1. The Kier molecular flexibility index (Phi) is 6.89. The Balaban J connectivity index is 0.00000196. The van der Waals surface area contributed by atoms with Gasteiger partial charge in [-0.05, 0) is 19.3 Å². The van der Waals surface area contributed by atoms with Crippen LogP contribution >= 0.6 is 12.4 Å². The maximum Gasteiger partial charge on any atom is 0.336 e. The summed E-state index contributed by atoms with van der Waals surface area (Å²) >= 11 is 0. The first-order valence-electron chi connectivity index (χ1n) is 5.25. The quantitative estimate of drug-likeness (QED) is 0.696. The Labute approximate surface area is 96.6 Å². The maximum absolute atomic E-state index is 11.1. The van der Waals surface area contributed by atoms with Gasteiger partial charge >= 0.3 is 5.97 Å². The lowest BCUT2D eigenvalue weighted by molar-refractivity contribution is -0.154. The average molecular weight is 238 g/mol. The molecule has 1 aliphatic carbocycles. The van der Waals surface area contributed by atoms with E-state index in [1.165, 1.54) is 19.3 Å². The third-order valence-electron chi connectivity index (χ3n) is 2.76. The average Bonchev–Trinajstić information content (AvgIpc) is 2.10. The van der Waals surface area contributed by atoms with E-state index in [1.54, 1.807) is 6.92 Å². The summed E-state index contributed by atoms with van der Waals surface area (Å²) in [5, 5.41) is 9.49. The predicted octanol–water partition coefficient (Wildman–Crippen LogP) is 0.850. The zero-order chi connectivity index (χ0) is 10.6. The van der Waals surface area contributed by atoms with E-state index in [0.717, 1.165) is 6.42 Å². The lowest BCUT2D eigenvalue weighted by atomic mass is 9.80. The van der Waals surface area contributed by atoms with E-state index >= 15 is 0 Å². The highest BCUT2D eigenvalue weighted by molar-refractivity contribution is 5.85. The highest BCUT2D eigenvalue weighted by Crippen LogP contribution is 2.30. The van der Waals surface area contributed by atoms with Gasteiger partial charge in [-0.3, -0.25) is 0 Å². The minimum atomic E-state index is -1.16. The molecule has 0 bridgehead atoms. The first-order valence-corrected chi connectivity index (χ1v) is 5.25. The van der Waals surface area contributed by atoms with E-state index < -0.39 is 18.1 Å². The predicted molar refractivity (Wildman–Crippen MR) is 59.8 cm³/mol. The highest BCUT2D eigenvalue weighted by atomic mass is 35.5. The molecule has 1 rings (SSSR count). The molecule has 1 saturated carbocycles. The first-order chi connectivity index (χ1) is 6.65. The minimum Gasteiger partial charge on any atom is -0.464 e. The van der Waals surface area contributed by atoms with E-state index in [9.17, 15) is 9.90 Å². The van der Waals surface area contributed by atoms with Crippen molar-refractivity contribution >= 4 is 18.4 Å². The van der Waals surface area contributed by atoms with Crippen molar-refractivity contribution in [3.05, 3.63) is 0 Å². The van der Waals surface area contributed by atoms with Gasteiger partial charge in [0, 0.05) is 6.04 Å². The Bertz CT molecular complexity index is 197. The molecular formula is C10H20ClNO3. The van der Waals surface area contributed by atoms with Crippen LogP contribution in [0.3, 0.4) is 0 Å². The number of hydrogen-bond acceptors (Lipinski definition) is 4. The van der Waals surface area contributed by atoms with Crippen molar-refractivity contribution in [1.82, 2.24) is 0 Å². The van der Waals surface area contributed by atoms with E-state index in [2.05, 4.69) is 4.74 Å². The van der Waals surface area contributed by atoms with Gasteiger partial charge in [-0.15, -0.1) is 12.4 Å². The van der Waals surface area contributed by atoms with Crippen LogP contribution in [0, 0.1) is 5.92 Å². The van der Waals surface area contributed by atoms with E-state index in [1.807, 2.05) is 0 Å². The molecular weight excluding hydrogens is 218 g/mol. The van der Waals surface area contributed by atoms with Gasteiger partial charge in [0.25, 0.3) is 0 Å². The molecule has 15 heavy (non-hydrogen) atoms. The van der Waals surface area contributed by atoms with Crippen LogP contribution in [0.4, 0.5) is 0 Å². The molecule has 2 unspecified atom stereocenters. The minimum absolute atomic E-state index is 0. The van der Waals surface area contributed by atoms with Gasteiger partial charge in [0.1, 0.15) is 0 Å². The second-order valence-electron chi connectivity index (χ2n) is 3.89. The standard InChI is InChI=1S/C10H19NO3.ClH/c1-2-14-10(13)9(12)8(11)6-7-4-3-5-7;/h7-9,12H,2-6,11H2,1H3;1H. The van der Waals surface area contributed by atoms with Gasteiger partial charge < -0.3 is 15.6 Å². The molecule has 0 amide bonds. The first kappa shape index (κ1) is 14.7. The second kappa shape index (κ2) is 7.04. The number of esters is 1. The number of aliphatic hydroxyl groups excluding tert-OH is 1. The molecule has 0 spiro atoms. The SMILES string of the molecule is CCOC(=O)C(O)C(N)CC1CCC1.Cl. The molecule has 0 aromatic heterocycles. The number of rotatable bonds is 5. The molecule has 0 aliphatic heterocycles. The van der Waals surface area contributed by atoms with Crippen LogP contribution in [0.5, 0.6) is 0 Å². The normalized spacial score (nSPS) is 19.7. The molecule has 1 aliphatic rings. The number of halogens is 1. The van der Waals surface area contributed by atoms with Crippen LogP contribution in [0.25, 0.3) is 0 Å². The Morgan fingerprint density at radius 1 is 1.60 bits per heavy atom. The van der Waals surface area contributed by atoms with E-state index in [0.29, 0.717) is 5.92 Å². The Hall–Kier alpha value is -0.320. The smallest absolute Gasteiger partial charge is 0.336 e. The summed E-state index contributed by atoms with van der Waals surface area (Å²) in [7, 11) is 0. The largest absolute Gasteiger partial charge is 0.464 e. The number of hydrogen-bond donors (Lipinski definition) is 2. The molecule has 90 valence electrons. The number of carbonyl (C=O) groups excluding carboxylic acids is 1. The number of nitrogens with two attached hydrogens (primary N) is 1. The molecule has 3 N–H and O–H groups in total. The van der Waals surface area contributed by atoms with Crippen LogP contribution in [-0.2, 0) is 9.53 Å². The maximum atomic E-state index is 11.1. The molecule has 0 heterocycles. The van der Waals surface area contributed by atoms with Crippen molar-refractivity contribution in [1.29, 1.82) is 0 Å². The molecule has 0 aromatic carbocycles. The molecule has 4 nitrogen and oxygen atoms in total. The molecule has 1 fully saturated rings. The number of aliphatic hydroxyl groups is 1. The van der Waals surface area contributed by atoms with E-state index in [-0.39, 0.29) is 19.0 Å². The van der Waals surface area contributed by atoms with E-state index in [4.69, 9.17) is 5.73 Å². The fraction of sp³-hybridized carbons (Fsp3) is 0.900. The van der Waals surface area contributed by atoms with Gasteiger partial charge in [-0.2, -0.15) is 0 Å². The molecule has 2 atom stereocenters. The van der Waals surface area contributed by atoms with Crippen molar-refractivity contribution in [3.63, 3.8) is 0 Å².